The fourth-order valence-electron chi connectivity index (χ4n) is 2.15. The van der Waals surface area contributed by atoms with Crippen LogP contribution in [0.15, 0.2) is 47.3 Å². The summed E-state index contributed by atoms with van der Waals surface area (Å²) in [6, 6.07) is 13.4. The molecule has 0 fully saturated rings. The average molecular weight is 370 g/mol. The van der Waals surface area contributed by atoms with Gasteiger partial charge in [-0.2, -0.15) is 12.1 Å². The number of nitro groups is 1. The predicted molar refractivity (Wildman–Crippen MR) is 77.2 cm³/mol. The molecule has 1 aromatic heterocycles. The summed E-state index contributed by atoms with van der Waals surface area (Å²) in [6.07, 6.45) is 0. The molecule has 7 heteroatoms. The summed E-state index contributed by atoms with van der Waals surface area (Å²) < 4.78 is 0. The Bertz CT molecular complexity index is 921. The molecule has 3 rings (SSSR count). The first-order valence-electron chi connectivity index (χ1n) is 6.08. The minimum Gasteiger partial charge on any atom is -0.503 e. The maximum atomic E-state index is 12.1. The number of benzene rings is 2. The number of hydrogen-bond acceptors (Lipinski definition) is 4. The van der Waals surface area contributed by atoms with Crippen LogP contribution in [0.25, 0.3) is 22.2 Å². The molecule has 2 aromatic carbocycles. The topological polar surface area (TPSA) is 96.2 Å². The summed E-state index contributed by atoms with van der Waals surface area (Å²) in [5.41, 5.74) is 0.290. The summed E-state index contributed by atoms with van der Waals surface area (Å²) in [4.78, 5) is 25.3. The van der Waals surface area contributed by atoms with Crippen LogP contribution in [0.1, 0.15) is 0 Å². The van der Waals surface area contributed by atoms with Crippen LogP contribution < -0.4 is 5.43 Å². The molecule has 0 amide bonds. The van der Waals surface area contributed by atoms with E-state index < -0.39 is 16.1 Å². The Morgan fingerprint density at radius 1 is 1.23 bits per heavy atom. The van der Waals surface area contributed by atoms with Crippen molar-refractivity contribution in [2.24, 2.45) is 0 Å². The van der Waals surface area contributed by atoms with Crippen molar-refractivity contribution in [1.29, 1.82) is 0 Å². The molecule has 6 nitrogen and oxygen atoms in total. The Morgan fingerprint density at radius 2 is 1.95 bits per heavy atom. The predicted octanol–water partition coefficient (Wildman–Crippen LogP) is 2.61. The fraction of sp³-hybridized carbons (Fsp3) is 0. The molecule has 1 radical (unpaired) electrons. The van der Waals surface area contributed by atoms with Gasteiger partial charge in [0.2, 0.25) is 5.43 Å². The summed E-state index contributed by atoms with van der Waals surface area (Å²) in [7, 11) is 0. The Labute approximate surface area is 149 Å². The van der Waals surface area contributed by atoms with Gasteiger partial charge in [0.1, 0.15) is 0 Å². The van der Waals surface area contributed by atoms with Gasteiger partial charge in [-0.05, 0) is 12.1 Å². The molecule has 0 aliphatic heterocycles. The van der Waals surface area contributed by atoms with E-state index >= 15 is 0 Å². The minimum absolute atomic E-state index is 0. The second-order valence-corrected chi connectivity index (χ2v) is 4.44. The molecule has 0 saturated heterocycles. The van der Waals surface area contributed by atoms with E-state index in [1.807, 2.05) is 0 Å². The number of aromatic nitrogens is 1. The van der Waals surface area contributed by atoms with E-state index in [2.05, 4.69) is 11.1 Å². The van der Waals surface area contributed by atoms with Gasteiger partial charge in [-0.1, -0.05) is 18.2 Å². The zero-order valence-corrected chi connectivity index (χ0v) is 14.1. The van der Waals surface area contributed by atoms with Crippen molar-refractivity contribution in [3.05, 3.63) is 68.9 Å². The number of H-pyrrole nitrogens is 1. The zero-order chi connectivity index (χ0) is 15.0. The Kier molecular flexibility index (Phi) is 4.73. The van der Waals surface area contributed by atoms with Crippen molar-refractivity contribution in [2.45, 2.75) is 0 Å². The fourth-order valence-corrected chi connectivity index (χ4v) is 2.15. The number of hydrogen-bond donors (Lipinski definition) is 2. The number of nitro benzene ring substituents is 1. The van der Waals surface area contributed by atoms with Crippen LogP contribution >= 0.6 is 0 Å². The molecule has 2 N–H and O–H groups in total. The molecule has 0 aliphatic rings. The smallest absolute Gasteiger partial charge is 0.231 e. The SMILES string of the molecule is O=c1c(O)c(-c2cc[c-]c([N+](=O)[O-])c2)[nH]c2ccccc12.[Y]. The molecule has 0 bridgehead atoms. The van der Waals surface area contributed by atoms with E-state index in [-0.39, 0.29) is 44.1 Å². The molecule has 1 heterocycles. The number of para-hydroxylation sites is 1. The molecule has 0 atom stereocenters. The van der Waals surface area contributed by atoms with Gasteiger partial charge in [-0.25, -0.2) is 0 Å². The van der Waals surface area contributed by atoms with Crippen LogP contribution in [0.2, 0.25) is 0 Å². The van der Waals surface area contributed by atoms with Gasteiger partial charge in [0.15, 0.2) is 11.4 Å². The number of nitrogens with one attached hydrogen (secondary N) is 1. The number of fused-ring (bicyclic) bond motifs is 1. The van der Waals surface area contributed by atoms with Crippen molar-refractivity contribution in [1.82, 2.24) is 4.98 Å². The number of pyridine rings is 1. The van der Waals surface area contributed by atoms with Crippen LogP contribution in [0, 0.1) is 16.2 Å². The molecule has 0 aliphatic carbocycles. The Balaban J connectivity index is 0.00000176. The zero-order valence-electron chi connectivity index (χ0n) is 11.2. The molecule has 22 heavy (non-hydrogen) atoms. The Hall–Kier alpha value is -2.05. The van der Waals surface area contributed by atoms with Crippen LogP contribution in [-0.4, -0.2) is 15.0 Å². The van der Waals surface area contributed by atoms with Crippen LogP contribution in [0.3, 0.4) is 0 Å². The Morgan fingerprint density at radius 3 is 2.68 bits per heavy atom. The third kappa shape index (κ3) is 2.80. The third-order valence-corrected chi connectivity index (χ3v) is 3.15. The van der Waals surface area contributed by atoms with Crippen LogP contribution in [0.5, 0.6) is 5.75 Å². The van der Waals surface area contributed by atoms with Crippen molar-refractivity contribution in [3.63, 3.8) is 0 Å². The van der Waals surface area contributed by atoms with Crippen molar-refractivity contribution >= 4 is 16.6 Å². The standard InChI is InChI=1S/C15H9N2O4.Y/c18-14-11-6-1-2-7-12(11)16-13(15(14)19)9-4-3-5-10(8-9)17(20)21;/h1-4,6-8,19H,(H,16,18);/q-1;. The van der Waals surface area contributed by atoms with Gasteiger partial charge in [0.25, 0.3) is 0 Å². The van der Waals surface area contributed by atoms with E-state index in [0.29, 0.717) is 16.5 Å². The maximum absolute atomic E-state index is 12.1. The third-order valence-electron chi connectivity index (χ3n) is 3.15. The monoisotopic (exact) mass is 370 g/mol. The first-order chi connectivity index (χ1) is 10.1. The number of aromatic hydroxyl groups is 1. The first-order valence-corrected chi connectivity index (χ1v) is 6.08. The summed E-state index contributed by atoms with van der Waals surface area (Å²) in [5, 5.41) is 21.2. The number of non-ortho nitro benzene ring substituents is 1. The second-order valence-electron chi connectivity index (χ2n) is 4.44. The van der Waals surface area contributed by atoms with Crippen LogP contribution in [-0.2, 0) is 32.7 Å². The molecule has 0 unspecified atom stereocenters. The van der Waals surface area contributed by atoms with Crippen LogP contribution in [0.4, 0.5) is 5.69 Å². The van der Waals surface area contributed by atoms with Gasteiger partial charge in [-0.3, -0.25) is 14.9 Å². The quantitative estimate of drug-likeness (QED) is 0.412. The molecule has 107 valence electrons. The van der Waals surface area contributed by atoms with E-state index in [0.717, 1.165) is 0 Å². The normalized spacial score (nSPS) is 10.2. The van der Waals surface area contributed by atoms with Crippen molar-refractivity contribution in [3.8, 4) is 17.0 Å². The number of aromatic amines is 1. The number of nitrogens with zero attached hydrogens (tertiary/aromatic N) is 1. The average Bonchev–Trinajstić information content (AvgIpc) is 2.51. The van der Waals surface area contributed by atoms with E-state index in [1.54, 1.807) is 24.3 Å². The largest absolute Gasteiger partial charge is 0.503 e. The van der Waals surface area contributed by atoms with Gasteiger partial charge in [0, 0.05) is 48.5 Å². The molecular formula is C15H9N2O4Y-. The molecule has 3 aromatic rings. The minimum atomic E-state index is -0.584. The maximum Gasteiger partial charge on any atom is 0.231 e. The van der Waals surface area contributed by atoms with E-state index in [4.69, 9.17) is 0 Å². The van der Waals surface area contributed by atoms with Crippen molar-refractivity contribution in [2.75, 3.05) is 0 Å². The van der Waals surface area contributed by atoms with Gasteiger partial charge in [0.05, 0.1) is 5.69 Å². The first kappa shape index (κ1) is 16.3. The number of rotatable bonds is 2. The van der Waals surface area contributed by atoms with Crippen molar-refractivity contribution < 1.29 is 42.7 Å². The summed E-state index contributed by atoms with van der Waals surface area (Å²) in [6.45, 7) is 0. The van der Waals surface area contributed by atoms with Gasteiger partial charge >= 0.3 is 0 Å². The van der Waals surface area contributed by atoms with E-state index in [9.17, 15) is 20.0 Å². The van der Waals surface area contributed by atoms with E-state index in [1.165, 1.54) is 18.2 Å². The summed E-state index contributed by atoms with van der Waals surface area (Å²) >= 11 is 0. The summed E-state index contributed by atoms with van der Waals surface area (Å²) in [5.74, 6) is -0.464. The molecule has 0 spiro atoms. The van der Waals surface area contributed by atoms with Gasteiger partial charge in [-0.15, -0.1) is 11.6 Å². The molecular weight excluding hydrogens is 361 g/mol. The molecule has 0 saturated carbocycles. The van der Waals surface area contributed by atoms with Gasteiger partial charge < -0.3 is 10.1 Å². The second kappa shape index (κ2) is 6.38.